The van der Waals surface area contributed by atoms with Crippen LogP contribution in [0.4, 0.5) is 0 Å². The van der Waals surface area contributed by atoms with Crippen molar-refractivity contribution < 1.29 is 9.53 Å². The van der Waals surface area contributed by atoms with Gasteiger partial charge in [-0.3, -0.25) is 4.79 Å². The molecule has 86 valence electrons. The largest absolute Gasteiger partial charge is 0.366 e. The van der Waals surface area contributed by atoms with Gasteiger partial charge >= 0.3 is 0 Å². The molecule has 1 amide bonds. The van der Waals surface area contributed by atoms with E-state index in [1.54, 1.807) is 0 Å². The number of nitrogens with one attached hydrogen (secondary N) is 1. The van der Waals surface area contributed by atoms with Gasteiger partial charge in [0.1, 0.15) is 6.10 Å². The summed E-state index contributed by atoms with van der Waals surface area (Å²) in [4.78, 5) is 16.2. The first-order valence-electron chi connectivity index (χ1n) is 5.57. The first-order chi connectivity index (χ1) is 7.27. The van der Waals surface area contributed by atoms with Gasteiger partial charge in [-0.25, -0.2) is 0 Å². The van der Waals surface area contributed by atoms with Crippen LogP contribution >= 0.6 is 0 Å². The third-order valence-corrected chi connectivity index (χ3v) is 3.02. The fraction of sp³-hybridized carbons (Fsp3) is 0.900. The van der Waals surface area contributed by atoms with Gasteiger partial charge in [-0.15, -0.1) is 0 Å². The van der Waals surface area contributed by atoms with Crippen molar-refractivity contribution in [1.82, 2.24) is 15.1 Å². The minimum Gasteiger partial charge on any atom is -0.366 e. The lowest BCUT2D eigenvalue weighted by Gasteiger charge is -2.35. The van der Waals surface area contributed by atoms with Crippen LogP contribution in [0.3, 0.4) is 0 Å². The van der Waals surface area contributed by atoms with Crippen molar-refractivity contribution in [3.8, 4) is 0 Å². The molecule has 1 atom stereocenters. The average Bonchev–Trinajstić information content (AvgIpc) is 2.30. The number of carbonyl (C=O) groups excluding carboxylic acids is 1. The summed E-state index contributed by atoms with van der Waals surface area (Å²) in [6.07, 6.45) is -0.262. The zero-order chi connectivity index (χ0) is 10.7. The Labute approximate surface area is 90.4 Å². The fourth-order valence-electron chi connectivity index (χ4n) is 1.95. The molecule has 5 nitrogen and oxygen atoms in total. The molecule has 0 aromatic heterocycles. The predicted octanol–water partition coefficient (Wildman–Crippen LogP) is -1.25. The van der Waals surface area contributed by atoms with Crippen LogP contribution in [0.25, 0.3) is 0 Å². The average molecular weight is 213 g/mol. The summed E-state index contributed by atoms with van der Waals surface area (Å²) in [5.74, 6) is 0.148. The van der Waals surface area contributed by atoms with E-state index in [0.29, 0.717) is 13.2 Å². The van der Waals surface area contributed by atoms with Gasteiger partial charge in [0.05, 0.1) is 6.61 Å². The van der Waals surface area contributed by atoms with Crippen molar-refractivity contribution in [2.75, 3.05) is 52.9 Å². The molecule has 5 heteroatoms. The van der Waals surface area contributed by atoms with Gasteiger partial charge in [-0.2, -0.15) is 0 Å². The second-order valence-electron chi connectivity index (χ2n) is 4.19. The zero-order valence-corrected chi connectivity index (χ0v) is 9.24. The lowest BCUT2D eigenvalue weighted by molar-refractivity contribution is -0.146. The number of hydrogen-bond donors (Lipinski definition) is 1. The minimum absolute atomic E-state index is 0.148. The summed E-state index contributed by atoms with van der Waals surface area (Å²) in [5.41, 5.74) is 0. The SMILES string of the molecule is CN1CCN(C(=O)C2CNCCO2)CC1. The third-order valence-electron chi connectivity index (χ3n) is 3.02. The Balaban J connectivity index is 1.84. The maximum atomic E-state index is 12.0. The van der Waals surface area contributed by atoms with Gasteiger partial charge in [0.15, 0.2) is 0 Å². The Kier molecular flexibility index (Phi) is 3.56. The normalized spacial score (nSPS) is 29.1. The number of likely N-dealkylation sites (N-methyl/N-ethyl adjacent to an activating group) is 1. The number of nitrogens with zero attached hydrogens (tertiary/aromatic N) is 2. The van der Waals surface area contributed by atoms with E-state index in [4.69, 9.17) is 4.74 Å². The molecule has 2 fully saturated rings. The first kappa shape index (κ1) is 10.9. The molecule has 0 bridgehead atoms. The van der Waals surface area contributed by atoms with Crippen molar-refractivity contribution in [2.45, 2.75) is 6.10 Å². The van der Waals surface area contributed by atoms with E-state index in [0.717, 1.165) is 32.7 Å². The number of ether oxygens (including phenoxy) is 1. The Hall–Kier alpha value is -0.650. The van der Waals surface area contributed by atoms with Crippen LogP contribution in [0.5, 0.6) is 0 Å². The van der Waals surface area contributed by atoms with Crippen LogP contribution in [-0.4, -0.2) is 74.7 Å². The van der Waals surface area contributed by atoms with Crippen LogP contribution < -0.4 is 5.32 Å². The Morgan fingerprint density at radius 2 is 2.07 bits per heavy atom. The molecule has 0 aliphatic carbocycles. The Morgan fingerprint density at radius 1 is 1.33 bits per heavy atom. The number of carbonyl (C=O) groups is 1. The molecule has 0 saturated carbocycles. The maximum absolute atomic E-state index is 12.0. The molecule has 2 saturated heterocycles. The summed E-state index contributed by atoms with van der Waals surface area (Å²) in [6, 6.07) is 0. The highest BCUT2D eigenvalue weighted by molar-refractivity contribution is 5.81. The third kappa shape index (κ3) is 2.68. The van der Waals surface area contributed by atoms with Crippen molar-refractivity contribution >= 4 is 5.91 Å². The molecular weight excluding hydrogens is 194 g/mol. The molecule has 2 aliphatic rings. The van der Waals surface area contributed by atoms with Gasteiger partial charge in [0.25, 0.3) is 5.91 Å². The number of rotatable bonds is 1. The Morgan fingerprint density at radius 3 is 2.67 bits per heavy atom. The minimum atomic E-state index is -0.262. The summed E-state index contributed by atoms with van der Waals surface area (Å²) in [7, 11) is 2.08. The van der Waals surface area contributed by atoms with E-state index in [9.17, 15) is 4.79 Å². The van der Waals surface area contributed by atoms with Crippen molar-refractivity contribution in [2.24, 2.45) is 0 Å². The van der Waals surface area contributed by atoms with Crippen molar-refractivity contribution in [3.05, 3.63) is 0 Å². The number of piperazine rings is 1. The van der Waals surface area contributed by atoms with Gasteiger partial charge in [0.2, 0.25) is 0 Å². The zero-order valence-electron chi connectivity index (χ0n) is 9.24. The van der Waals surface area contributed by atoms with E-state index in [2.05, 4.69) is 17.3 Å². The Bertz CT molecular complexity index is 221. The van der Waals surface area contributed by atoms with E-state index < -0.39 is 0 Å². The smallest absolute Gasteiger partial charge is 0.253 e. The van der Waals surface area contributed by atoms with E-state index >= 15 is 0 Å². The lowest BCUT2D eigenvalue weighted by atomic mass is 10.2. The molecule has 1 N–H and O–H groups in total. The van der Waals surface area contributed by atoms with Crippen LogP contribution in [0.1, 0.15) is 0 Å². The molecule has 0 aromatic carbocycles. The standard InChI is InChI=1S/C10H19N3O2/c1-12-3-5-13(6-4-12)10(14)9-8-11-2-7-15-9/h9,11H,2-8H2,1H3. The molecule has 2 rings (SSSR count). The number of hydrogen-bond acceptors (Lipinski definition) is 4. The number of amides is 1. The topological polar surface area (TPSA) is 44.8 Å². The highest BCUT2D eigenvalue weighted by Gasteiger charge is 2.28. The molecule has 2 heterocycles. The molecular formula is C10H19N3O2. The van der Waals surface area contributed by atoms with Crippen LogP contribution in [-0.2, 0) is 9.53 Å². The second kappa shape index (κ2) is 4.92. The second-order valence-corrected chi connectivity index (χ2v) is 4.19. The number of morpholine rings is 1. The van der Waals surface area contributed by atoms with E-state index in [1.807, 2.05) is 4.90 Å². The summed E-state index contributed by atoms with van der Waals surface area (Å²) in [6.45, 7) is 5.74. The highest BCUT2D eigenvalue weighted by atomic mass is 16.5. The molecule has 0 aromatic rings. The summed E-state index contributed by atoms with van der Waals surface area (Å²) < 4.78 is 5.45. The highest BCUT2D eigenvalue weighted by Crippen LogP contribution is 2.06. The molecule has 0 radical (unpaired) electrons. The molecule has 15 heavy (non-hydrogen) atoms. The summed E-state index contributed by atoms with van der Waals surface area (Å²) >= 11 is 0. The monoisotopic (exact) mass is 213 g/mol. The van der Waals surface area contributed by atoms with Crippen molar-refractivity contribution in [3.63, 3.8) is 0 Å². The van der Waals surface area contributed by atoms with Gasteiger partial charge in [-0.1, -0.05) is 0 Å². The van der Waals surface area contributed by atoms with Gasteiger partial charge < -0.3 is 19.9 Å². The van der Waals surface area contributed by atoms with Crippen LogP contribution in [0.15, 0.2) is 0 Å². The van der Waals surface area contributed by atoms with Crippen LogP contribution in [0, 0.1) is 0 Å². The van der Waals surface area contributed by atoms with Gasteiger partial charge in [0, 0.05) is 39.3 Å². The lowest BCUT2D eigenvalue weighted by Crippen LogP contribution is -2.54. The van der Waals surface area contributed by atoms with E-state index in [1.165, 1.54) is 0 Å². The summed E-state index contributed by atoms with van der Waals surface area (Å²) in [5, 5.41) is 3.18. The predicted molar refractivity (Wildman–Crippen MR) is 56.7 cm³/mol. The van der Waals surface area contributed by atoms with E-state index in [-0.39, 0.29) is 12.0 Å². The first-order valence-corrected chi connectivity index (χ1v) is 5.57. The quantitative estimate of drug-likeness (QED) is 0.591. The van der Waals surface area contributed by atoms with Crippen molar-refractivity contribution in [1.29, 1.82) is 0 Å². The maximum Gasteiger partial charge on any atom is 0.253 e. The molecule has 0 spiro atoms. The van der Waals surface area contributed by atoms with Gasteiger partial charge in [-0.05, 0) is 7.05 Å². The van der Waals surface area contributed by atoms with Crippen LogP contribution in [0.2, 0.25) is 0 Å². The molecule has 2 aliphatic heterocycles. The fourth-order valence-corrected chi connectivity index (χ4v) is 1.95. The molecule has 1 unspecified atom stereocenters.